The van der Waals surface area contributed by atoms with Gasteiger partial charge in [0.2, 0.25) is 0 Å². The van der Waals surface area contributed by atoms with Gasteiger partial charge in [0.25, 0.3) is 0 Å². The van der Waals surface area contributed by atoms with E-state index in [1.807, 2.05) is 42.2 Å². The number of ketones is 1. The van der Waals surface area contributed by atoms with Crippen molar-refractivity contribution in [2.24, 2.45) is 0 Å². The molecule has 0 aliphatic carbocycles. The summed E-state index contributed by atoms with van der Waals surface area (Å²) in [4.78, 5) is 13.6. The van der Waals surface area contributed by atoms with Crippen LogP contribution >= 0.6 is 0 Å². The highest BCUT2D eigenvalue weighted by Crippen LogP contribution is 2.14. The molecule has 5 nitrogen and oxygen atoms in total. The maximum absolute atomic E-state index is 11.6. The molecule has 1 atom stereocenters. The molecule has 2 aromatic rings. The molecule has 1 unspecified atom stereocenters. The molecular formula is C21H27NO4. The Balaban J connectivity index is 1.83. The minimum Gasteiger partial charge on any atom is -0.491 e. The van der Waals surface area contributed by atoms with Crippen LogP contribution in [0.4, 0.5) is 0 Å². The number of hydrogen-bond acceptors (Lipinski definition) is 5. The number of Topliss-reactive ketones (excluding diaryl/α,β-unsaturated/α-hetero) is 1. The highest BCUT2D eigenvalue weighted by Gasteiger charge is 2.13. The second-order valence-corrected chi connectivity index (χ2v) is 6.21. The number of ether oxygens (including phenoxy) is 1. The van der Waals surface area contributed by atoms with Crippen molar-refractivity contribution < 1.29 is 19.7 Å². The van der Waals surface area contributed by atoms with Crippen LogP contribution in [-0.4, -0.2) is 53.3 Å². The van der Waals surface area contributed by atoms with E-state index >= 15 is 0 Å². The van der Waals surface area contributed by atoms with Crippen LogP contribution in [0.5, 0.6) is 5.75 Å². The summed E-state index contributed by atoms with van der Waals surface area (Å²) in [5.41, 5.74) is 1.79. The largest absolute Gasteiger partial charge is 0.491 e. The lowest BCUT2D eigenvalue weighted by molar-refractivity contribution is 0.0590. The summed E-state index contributed by atoms with van der Waals surface area (Å²) in [6.45, 7) is 3.57. The maximum atomic E-state index is 11.6. The van der Waals surface area contributed by atoms with E-state index in [4.69, 9.17) is 4.74 Å². The number of benzene rings is 2. The molecule has 0 fully saturated rings. The third-order valence-corrected chi connectivity index (χ3v) is 4.07. The van der Waals surface area contributed by atoms with Crippen molar-refractivity contribution in [2.75, 3.05) is 26.3 Å². The predicted molar refractivity (Wildman–Crippen MR) is 101 cm³/mol. The van der Waals surface area contributed by atoms with Crippen LogP contribution in [0.15, 0.2) is 54.6 Å². The summed E-state index contributed by atoms with van der Waals surface area (Å²) in [7, 11) is 0. The fourth-order valence-corrected chi connectivity index (χ4v) is 2.70. The Bertz CT molecular complexity index is 657. The molecule has 0 radical (unpaired) electrons. The van der Waals surface area contributed by atoms with Gasteiger partial charge in [-0.3, -0.25) is 9.69 Å². The molecule has 0 aliphatic heterocycles. The molecule has 0 saturated heterocycles. The third kappa shape index (κ3) is 6.59. The highest BCUT2D eigenvalue weighted by molar-refractivity contribution is 5.95. The quantitative estimate of drug-likeness (QED) is 0.605. The lowest BCUT2D eigenvalue weighted by atomic mass is 10.1. The minimum absolute atomic E-state index is 0.0350. The zero-order chi connectivity index (χ0) is 18.8. The van der Waals surface area contributed by atoms with Crippen molar-refractivity contribution in [1.29, 1.82) is 0 Å². The van der Waals surface area contributed by atoms with Crippen molar-refractivity contribution in [3.8, 4) is 5.75 Å². The van der Waals surface area contributed by atoms with E-state index in [1.54, 1.807) is 24.3 Å². The molecule has 0 heterocycles. The van der Waals surface area contributed by atoms with Gasteiger partial charge in [-0.2, -0.15) is 0 Å². The van der Waals surface area contributed by atoms with Crippen LogP contribution in [0.2, 0.25) is 0 Å². The lowest BCUT2D eigenvalue weighted by Crippen LogP contribution is -2.37. The zero-order valence-electron chi connectivity index (χ0n) is 15.2. The number of carbonyl (C=O) groups is 1. The summed E-state index contributed by atoms with van der Waals surface area (Å²) in [5, 5.41) is 19.5. The first-order chi connectivity index (χ1) is 12.6. The van der Waals surface area contributed by atoms with Gasteiger partial charge in [0, 0.05) is 31.6 Å². The van der Waals surface area contributed by atoms with E-state index < -0.39 is 6.10 Å². The van der Waals surface area contributed by atoms with E-state index in [9.17, 15) is 15.0 Å². The van der Waals surface area contributed by atoms with Crippen LogP contribution in [0.1, 0.15) is 29.3 Å². The topological polar surface area (TPSA) is 70.0 Å². The molecule has 0 aliphatic rings. The molecule has 0 saturated carbocycles. The fraction of sp³-hybridized carbons (Fsp3) is 0.381. The Morgan fingerprint density at radius 2 is 1.81 bits per heavy atom. The van der Waals surface area contributed by atoms with E-state index in [1.165, 1.54) is 0 Å². The second kappa shape index (κ2) is 10.7. The Hall–Kier alpha value is -2.21. The number of hydrogen-bond donors (Lipinski definition) is 2. The molecule has 5 heteroatoms. The lowest BCUT2D eigenvalue weighted by Gasteiger charge is -2.24. The highest BCUT2D eigenvalue weighted by atomic mass is 16.5. The molecule has 2 N–H and O–H groups in total. The van der Waals surface area contributed by atoms with Gasteiger partial charge in [-0.15, -0.1) is 0 Å². The van der Waals surface area contributed by atoms with Gasteiger partial charge < -0.3 is 14.9 Å². The van der Waals surface area contributed by atoms with Crippen molar-refractivity contribution in [2.45, 2.75) is 26.0 Å². The summed E-state index contributed by atoms with van der Waals surface area (Å²) < 4.78 is 5.61. The van der Waals surface area contributed by atoms with E-state index in [0.29, 0.717) is 37.4 Å². The Morgan fingerprint density at radius 1 is 1.12 bits per heavy atom. The average Bonchev–Trinajstić information content (AvgIpc) is 2.67. The van der Waals surface area contributed by atoms with Gasteiger partial charge in [-0.25, -0.2) is 0 Å². The molecule has 0 aromatic heterocycles. The first-order valence-corrected chi connectivity index (χ1v) is 8.93. The predicted octanol–water partition coefficient (Wildman–Crippen LogP) is 2.51. The van der Waals surface area contributed by atoms with Crippen LogP contribution in [-0.2, 0) is 6.54 Å². The Kier molecular flexibility index (Phi) is 8.28. The van der Waals surface area contributed by atoms with Gasteiger partial charge in [0.05, 0.1) is 6.61 Å². The van der Waals surface area contributed by atoms with Crippen molar-refractivity contribution in [3.05, 3.63) is 65.7 Å². The van der Waals surface area contributed by atoms with Gasteiger partial charge in [0.15, 0.2) is 5.78 Å². The summed E-state index contributed by atoms with van der Waals surface area (Å²) >= 11 is 0. The maximum Gasteiger partial charge on any atom is 0.162 e. The molecule has 0 amide bonds. The van der Waals surface area contributed by atoms with Gasteiger partial charge in [-0.05, 0) is 29.8 Å². The molecule has 0 bridgehead atoms. The zero-order valence-corrected chi connectivity index (χ0v) is 15.2. The van der Waals surface area contributed by atoms with Crippen molar-refractivity contribution >= 4 is 5.78 Å². The standard InChI is InChI=1S/C21H27NO4/c1-2-21(25)18-8-10-20(11-9-18)26-16-19(24)15-22(12-13-23)14-17-6-4-3-5-7-17/h3-11,19,23-24H,2,12-16H2,1H3. The fourth-order valence-electron chi connectivity index (χ4n) is 2.70. The number of nitrogens with zero attached hydrogens (tertiary/aromatic N) is 1. The van der Waals surface area contributed by atoms with Crippen molar-refractivity contribution in [3.63, 3.8) is 0 Å². The smallest absolute Gasteiger partial charge is 0.162 e. The minimum atomic E-state index is -0.679. The van der Waals surface area contributed by atoms with Crippen LogP contribution < -0.4 is 4.74 Å². The molecule has 26 heavy (non-hydrogen) atoms. The van der Waals surface area contributed by atoms with Crippen LogP contribution in [0.25, 0.3) is 0 Å². The van der Waals surface area contributed by atoms with E-state index in [0.717, 1.165) is 5.56 Å². The molecule has 2 aromatic carbocycles. The SMILES string of the molecule is CCC(=O)c1ccc(OCC(O)CN(CCO)Cc2ccccc2)cc1. The number of rotatable bonds is 11. The summed E-state index contributed by atoms with van der Waals surface area (Å²) in [6, 6.07) is 16.9. The van der Waals surface area contributed by atoms with Gasteiger partial charge in [-0.1, -0.05) is 37.3 Å². The van der Waals surface area contributed by atoms with Crippen molar-refractivity contribution in [1.82, 2.24) is 4.90 Å². The number of aliphatic hydroxyl groups is 2. The molecule has 2 rings (SSSR count). The first kappa shape index (κ1) is 20.1. The second-order valence-electron chi connectivity index (χ2n) is 6.21. The Morgan fingerprint density at radius 3 is 2.42 bits per heavy atom. The average molecular weight is 357 g/mol. The third-order valence-electron chi connectivity index (χ3n) is 4.07. The molecule has 140 valence electrons. The summed E-state index contributed by atoms with van der Waals surface area (Å²) in [5.74, 6) is 0.714. The van der Waals surface area contributed by atoms with Gasteiger partial charge in [0.1, 0.15) is 18.5 Å². The Labute approximate surface area is 154 Å². The number of carbonyl (C=O) groups excluding carboxylic acids is 1. The normalized spacial score (nSPS) is 12.2. The first-order valence-electron chi connectivity index (χ1n) is 8.93. The summed E-state index contributed by atoms with van der Waals surface area (Å²) in [6.07, 6.45) is -0.205. The van der Waals surface area contributed by atoms with Crippen LogP contribution in [0, 0.1) is 0 Å². The molecular weight excluding hydrogens is 330 g/mol. The number of aliphatic hydroxyl groups excluding tert-OH is 2. The molecule has 0 spiro atoms. The van der Waals surface area contributed by atoms with Crippen LogP contribution in [0.3, 0.4) is 0 Å². The van der Waals surface area contributed by atoms with E-state index in [-0.39, 0.29) is 19.0 Å². The monoisotopic (exact) mass is 357 g/mol. The van der Waals surface area contributed by atoms with Gasteiger partial charge >= 0.3 is 0 Å². The van der Waals surface area contributed by atoms with E-state index in [2.05, 4.69) is 0 Å².